The number of aromatic nitrogens is 1. The summed E-state index contributed by atoms with van der Waals surface area (Å²) >= 11 is 0. The lowest BCUT2D eigenvalue weighted by Gasteiger charge is -2.10. The number of rotatable bonds is 6. The van der Waals surface area contributed by atoms with Gasteiger partial charge in [0.05, 0.1) is 14.2 Å². The van der Waals surface area contributed by atoms with Gasteiger partial charge in [0.2, 0.25) is 5.78 Å². The van der Waals surface area contributed by atoms with E-state index < -0.39 is 5.97 Å². The summed E-state index contributed by atoms with van der Waals surface area (Å²) in [6.45, 7) is 3.37. The van der Waals surface area contributed by atoms with Crippen LogP contribution in [0.15, 0.2) is 24.3 Å². The van der Waals surface area contributed by atoms with Crippen molar-refractivity contribution in [2.45, 2.75) is 13.8 Å². The Kier molecular flexibility index (Phi) is 5.28. The molecule has 0 N–H and O–H groups in total. The molecule has 0 amide bonds. The molecule has 1 aromatic heterocycles. The number of ether oxygens (including phenoxy) is 3. The van der Waals surface area contributed by atoms with Crippen molar-refractivity contribution >= 4 is 11.8 Å². The first-order valence-corrected chi connectivity index (χ1v) is 7.45. The van der Waals surface area contributed by atoms with Crippen LogP contribution >= 0.6 is 0 Å². The van der Waals surface area contributed by atoms with E-state index in [1.165, 1.54) is 14.2 Å². The molecule has 0 saturated heterocycles. The van der Waals surface area contributed by atoms with E-state index in [-0.39, 0.29) is 12.4 Å². The maximum Gasteiger partial charge on any atom is 0.354 e. The van der Waals surface area contributed by atoms with E-state index in [0.29, 0.717) is 34.0 Å². The van der Waals surface area contributed by atoms with Gasteiger partial charge in [0, 0.05) is 18.3 Å². The first kappa shape index (κ1) is 17.6. The van der Waals surface area contributed by atoms with Gasteiger partial charge in [-0.1, -0.05) is 12.1 Å². The van der Waals surface area contributed by atoms with E-state index in [2.05, 4.69) is 0 Å². The maximum absolute atomic E-state index is 12.6. The number of Topliss-reactive ketones (excluding diaryl/α,β-unsaturated/α-hetero) is 1. The maximum atomic E-state index is 12.6. The highest BCUT2D eigenvalue weighted by atomic mass is 16.5. The third kappa shape index (κ3) is 3.13. The van der Waals surface area contributed by atoms with Crippen molar-refractivity contribution in [3.8, 4) is 11.5 Å². The Balaban J connectivity index is 2.26. The van der Waals surface area contributed by atoms with Gasteiger partial charge in [-0.05, 0) is 31.5 Å². The fourth-order valence-electron chi connectivity index (χ4n) is 2.73. The lowest BCUT2D eigenvalue weighted by molar-refractivity contribution is 0.0588. The lowest BCUT2D eigenvalue weighted by Crippen LogP contribution is -2.14. The molecule has 0 aliphatic heterocycles. The topological polar surface area (TPSA) is 66.8 Å². The number of hydrogen-bond acceptors (Lipinski definition) is 5. The molecule has 0 atom stereocenters. The number of ketones is 1. The number of methoxy groups -OCH3 is 2. The van der Waals surface area contributed by atoms with Crippen LogP contribution in [0.1, 0.15) is 32.1 Å². The van der Waals surface area contributed by atoms with E-state index in [1.54, 1.807) is 43.7 Å². The van der Waals surface area contributed by atoms with Gasteiger partial charge in [-0.25, -0.2) is 4.79 Å². The summed E-state index contributed by atoms with van der Waals surface area (Å²) in [5, 5.41) is 0. The summed E-state index contributed by atoms with van der Waals surface area (Å²) in [6, 6.07) is 7.11. The van der Waals surface area contributed by atoms with E-state index in [0.717, 1.165) is 0 Å². The van der Waals surface area contributed by atoms with E-state index >= 15 is 0 Å². The van der Waals surface area contributed by atoms with Gasteiger partial charge in [0.25, 0.3) is 0 Å². The highest BCUT2D eigenvalue weighted by Gasteiger charge is 2.25. The Labute approximate surface area is 140 Å². The standard InChI is InChI=1S/C18H21NO5/c1-11-16(12(2)19(3)17(11)18(21)23-5)13(20)10-24-15-9-7-6-8-14(15)22-4/h6-9H,10H2,1-5H3. The second-order valence-corrected chi connectivity index (χ2v) is 5.35. The van der Waals surface area contributed by atoms with Crippen LogP contribution in [0.4, 0.5) is 0 Å². The highest BCUT2D eigenvalue weighted by Crippen LogP contribution is 2.27. The van der Waals surface area contributed by atoms with Crippen molar-refractivity contribution in [3.05, 3.63) is 46.8 Å². The van der Waals surface area contributed by atoms with Crippen LogP contribution in [-0.4, -0.2) is 37.1 Å². The quantitative estimate of drug-likeness (QED) is 0.601. The Morgan fingerprint density at radius 3 is 2.29 bits per heavy atom. The molecule has 2 aromatic rings. The van der Waals surface area contributed by atoms with Gasteiger partial charge in [-0.2, -0.15) is 0 Å². The molecule has 0 radical (unpaired) electrons. The zero-order valence-corrected chi connectivity index (χ0v) is 14.5. The number of carbonyl (C=O) groups is 2. The minimum atomic E-state index is -0.470. The second-order valence-electron chi connectivity index (χ2n) is 5.35. The molecule has 24 heavy (non-hydrogen) atoms. The Bertz CT molecular complexity index is 776. The number of nitrogens with zero attached hydrogens (tertiary/aromatic N) is 1. The van der Waals surface area contributed by atoms with Crippen LogP contribution in [0.2, 0.25) is 0 Å². The monoisotopic (exact) mass is 331 g/mol. The zero-order valence-electron chi connectivity index (χ0n) is 14.5. The Morgan fingerprint density at radius 2 is 1.71 bits per heavy atom. The van der Waals surface area contributed by atoms with Crippen molar-refractivity contribution in [2.24, 2.45) is 7.05 Å². The van der Waals surface area contributed by atoms with Crippen LogP contribution in [0.25, 0.3) is 0 Å². The fourth-order valence-corrected chi connectivity index (χ4v) is 2.73. The predicted molar refractivity (Wildman–Crippen MR) is 89.0 cm³/mol. The van der Waals surface area contributed by atoms with Crippen molar-refractivity contribution in [1.29, 1.82) is 0 Å². The van der Waals surface area contributed by atoms with E-state index in [1.807, 2.05) is 6.07 Å². The molecular weight excluding hydrogens is 310 g/mol. The average Bonchev–Trinajstić information content (AvgIpc) is 2.81. The van der Waals surface area contributed by atoms with Crippen LogP contribution in [0.3, 0.4) is 0 Å². The van der Waals surface area contributed by atoms with Crippen molar-refractivity contribution < 1.29 is 23.8 Å². The summed E-state index contributed by atoms with van der Waals surface area (Å²) in [6.07, 6.45) is 0. The molecule has 2 rings (SSSR count). The Morgan fingerprint density at radius 1 is 1.08 bits per heavy atom. The van der Waals surface area contributed by atoms with Gasteiger partial charge in [0.1, 0.15) is 5.69 Å². The summed E-state index contributed by atoms with van der Waals surface area (Å²) in [4.78, 5) is 24.5. The number of para-hydroxylation sites is 2. The molecule has 1 heterocycles. The first-order valence-electron chi connectivity index (χ1n) is 7.45. The Hall–Kier alpha value is -2.76. The summed E-state index contributed by atoms with van der Waals surface area (Å²) < 4.78 is 17.2. The first-order chi connectivity index (χ1) is 11.4. The van der Waals surface area contributed by atoms with Crippen LogP contribution < -0.4 is 9.47 Å². The van der Waals surface area contributed by atoms with E-state index in [4.69, 9.17) is 14.2 Å². The SMILES string of the molecule is COC(=O)c1c(C)c(C(=O)COc2ccccc2OC)c(C)n1C. The molecule has 0 spiro atoms. The molecule has 0 unspecified atom stereocenters. The normalized spacial score (nSPS) is 10.4. The average molecular weight is 331 g/mol. The largest absolute Gasteiger partial charge is 0.493 e. The molecule has 0 aliphatic carbocycles. The zero-order chi connectivity index (χ0) is 17.9. The summed E-state index contributed by atoms with van der Waals surface area (Å²) in [7, 11) is 4.58. The third-order valence-electron chi connectivity index (χ3n) is 4.02. The molecule has 0 saturated carbocycles. The summed E-state index contributed by atoms with van der Waals surface area (Å²) in [5.41, 5.74) is 2.14. The van der Waals surface area contributed by atoms with Crippen molar-refractivity contribution in [1.82, 2.24) is 4.57 Å². The van der Waals surface area contributed by atoms with Gasteiger partial charge in [-0.15, -0.1) is 0 Å². The van der Waals surface area contributed by atoms with Gasteiger partial charge >= 0.3 is 5.97 Å². The molecule has 0 aliphatic rings. The predicted octanol–water partition coefficient (Wildman–Crippen LogP) is 2.70. The number of carbonyl (C=O) groups excluding carboxylic acids is 2. The summed E-state index contributed by atoms with van der Waals surface area (Å²) in [5.74, 6) is 0.374. The van der Waals surface area contributed by atoms with Crippen LogP contribution in [-0.2, 0) is 11.8 Å². The van der Waals surface area contributed by atoms with Crippen molar-refractivity contribution in [2.75, 3.05) is 20.8 Å². The molecule has 6 nitrogen and oxygen atoms in total. The molecule has 0 fully saturated rings. The lowest BCUT2D eigenvalue weighted by atomic mass is 10.1. The fraction of sp³-hybridized carbons (Fsp3) is 0.333. The smallest absolute Gasteiger partial charge is 0.354 e. The molecule has 0 bridgehead atoms. The minimum absolute atomic E-state index is 0.146. The van der Waals surface area contributed by atoms with Crippen LogP contribution in [0.5, 0.6) is 11.5 Å². The number of benzene rings is 1. The minimum Gasteiger partial charge on any atom is -0.493 e. The van der Waals surface area contributed by atoms with Gasteiger partial charge in [0.15, 0.2) is 18.1 Å². The molecular formula is C18H21NO5. The van der Waals surface area contributed by atoms with Crippen LogP contribution in [0, 0.1) is 13.8 Å². The second kappa shape index (κ2) is 7.21. The molecule has 6 heteroatoms. The number of esters is 1. The molecule has 1 aromatic carbocycles. The third-order valence-corrected chi connectivity index (χ3v) is 4.02. The van der Waals surface area contributed by atoms with Crippen molar-refractivity contribution in [3.63, 3.8) is 0 Å². The number of hydrogen-bond donors (Lipinski definition) is 0. The van der Waals surface area contributed by atoms with Gasteiger partial charge in [-0.3, -0.25) is 4.79 Å². The van der Waals surface area contributed by atoms with Gasteiger partial charge < -0.3 is 18.8 Å². The highest BCUT2D eigenvalue weighted by molar-refractivity contribution is 6.03. The molecule has 128 valence electrons. The van der Waals surface area contributed by atoms with E-state index in [9.17, 15) is 9.59 Å².